The Morgan fingerprint density at radius 2 is 1.74 bits per heavy atom. The molecule has 0 aliphatic rings. The summed E-state index contributed by atoms with van der Waals surface area (Å²) in [6.07, 6.45) is 0. The van der Waals surface area contributed by atoms with Crippen LogP contribution in [-0.2, 0) is 15.6 Å². The van der Waals surface area contributed by atoms with E-state index in [1.165, 1.54) is 0 Å². The van der Waals surface area contributed by atoms with Crippen LogP contribution >= 0.6 is 27.5 Å². The number of nitrogen functional groups attached to an aromatic ring is 1. The Balaban J connectivity index is 2.33. The second-order valence-electron chi connectivity index (χ2n) is 4.06. The van der Waals surface area contributed by atoms with Crippen LogP contribution in [0.1, 0.15) is 5.56 Å². The number of benzene rings is 2. The van der Waals surface area contributed by atoms with Gasteiger partial charge in [0.1, 0.15) is 0 Å². The van der Waals surface area contributed by atoms with E-state index in [4.69, 9.17) is 17.3 Å². The van der Waals surface area contributed by atoms with E-state index >= 15 is 0 Å². The SMILES string of the molecule is Nc1cc(Cl)ccc1CS(=O)(=O)c1ccc(Br)cc1. The van der Waals surface area contributed by atoms with Crippen molar-refractivity contribution in [2.75, 3.05) is 5.73 Å². The molecule has 0 aromatic heterocycles. The Kier molecular flexibility index (Phi) is 4.18. The molecule has 2 aromatic carbocycles. The Hall–Kier alpha value is -1.04. The highest BCUT2D eigenvalue weighted by atomic mass is 79.9. The summed E-state index contributed by atoms with van der Waals surface area (Å²) in [7, 11) is -3.41. The van der Waals surface area contributed by atoms with Crippen LogP contribution in [0.5, 0.6) is 0 Å². The maximum atomic E-state index is 12.2. The van der Waals surface area contributed by atoms with Crippen LogP contribution in [0.15, 0.2) is 51.8 Å². The third-order valence-electron chi connectivity index (χ3n) is 2.63. The molecule has 0 unspecified atom stereocenters. The summed E-state index contributed by atoms with van der Waals surface area (Å²) >= 11 is 9.06. The van der Waals surface area contributed by atoms with Gasteiger partial charge in [-0.1, -0.05) is 33.6 Å². The van der Waals surface area contributed by atoms with Gasteiger partial charge in [-0.15, -0.1) is 0 Å². The molecule has 2 N–H and O–H groups in total. The molecule has 2 aromatic rings. The zero-order chi connectivity index (χ0) is 14.0. The van der Waals surface area contributed by atoms with Crippen LogP contribution in [-0.4, -0.2) is 8.42 Å². The molecule has 6 heteroatoms. The fourth-order valence-electron chi connectivity index (χ4n) is 1.63. The lowest BCUT2D eigenvalue weighted by Crippen LogP contribution is -2.07. The highest BCUT2D eigenvalue weighted by Crippen LogP contribution is 2.24. The molecule has 0 bridgehead atoms. The van der Waals surface area contributed by atoms with Crippen molar-refractivity contribution in [2.24, 2.45) is 0 Å². The van der Waals surface area contributed by atoms with Gasteiger partial charge < -0.3 is 5.73 Å². The third-order valence-corrected chi connectivity index (χ3v) is 5.07. The normalized spacial score (nSPS) is 11.5. The summed E-state index contributed by atoms with van der Waals surface area (Å²) in [6, 6.07) is 11.3. The molecule has 0 spiro atoms. The highest BCUT2D eigenvalue weighted by Gasteiger charge is 2.16. The average molecular weight is 361 g/mol. The molecule has 0 saturated carbocycles. The Morgan fingerprint density at radius 1 is 1.11 bits per heavy atom. The molecular formula is C13H11BrClNO2S. The van der Waals surface area contributed by atoms with Gasteiger partial charge in [0.2, 0.25) is 0 Å². The van der Waals surface area contributed by atoms with Crippen molar-refractivity contribution < 1.29 is 8.42 Å². The van der Waals surface area contributed by atoms with E-state index in [-0.39, 0.29) is 10.6 Å². The van der Waals surface area contributed by atoms with E-state index in [0.29, 0.717) is 16.3 Å². The molecule has 100 valence electrons. The van der Waals surface area contributed by atoms with Crippen LogP contribution in [0, 0.1) is 0 Å². The quantitative estimate of drug-likeness (QED) is 0.850. The lowest BCUT2D eigenvalue weighted by molar-refractivity contribution is 0.595. The van der Waals surface area contributed by atoms with Crippen molar-refractivity contribution in [2.45, 2.75) is 10.6 Å². The minimum Gasteiger partial charge on any atom is -0.398 e. The Labute approximate surface area is 125 Å². The van der Waals surface area contributed by atoms with Gasteiger partial charge in [-0.3, -0.25) is 0 Å². The van der Waals surface area contributed by atoms with Gasteiger partial charge in [0.15, 0.2) is 9.84 Å². The van der Waals surface area contributed by atoms with Gasteiger partial charge in [0, 0.05) is 15.2 Å². The molecule has 0 aliphatic carbocycles. The van der Waals surface area contributed by atoms with Crippen molar-refractivity contribution in [3.63, 3.8) is 0 Å². The first-order valence-electron chi connectivity index (χ1n) is 5.41. The molecule has 0 radical (unpaired) electrons. The predicted molar refractivity (Wildman–Crippen MR) is 80.9 cm³/mol. The van der Waals surface area contributed by atoms with Crippen molar-refractivity contribution in [1.29, 1.82) is 0 Å². The minimum absolute atomic E-state index is 0.141. The number of nitrogens with two attached hydrogens (primary N) is 1. The first-order valence-corrected chi connectivity index (χ1v) is 8.23. The van der Waals surface area contributed by atoms with E-state index < -0.39 is 9.84 Å². The molecule has 0 fully saturated rings. The Morgan fingerprint density at radius 3 is 2.32 bits per heavy atom. The molecule has 0 amide bonds. The standard InChI is InChI=1S/C13H11BrClNO2S/c14-10-2-5-12(6-3-10)19(17,18)8-9-1-4-11(15)7-13(9)16/h1-7H,8,16H2. The smallest absolute Gasteiger partial charge is 0.182 e. The van der Waals surface area contributed by atoms with Gasteiger partial charge in [-0.05, 0) is 42.0 Å². The van der Waals surface area contributed by atoms with Crippen molar-refractivity contribution in [3.8, 4) is 0 Å². The van der Waals surface area contributed by atoms with E-state index in [0.717, 1.165) is 4.47 Å². The molecule has 2 rings (SSSR count). The number of hydrogen-bond donors (Lipinski definition) is 1. The fraction of sp³-hybridized carbons (Fsp3) is 0.0769. The molecule has 0 heterocycles. The number of rotatable bonds is 3. The highest BCUT2D eigenvalue weighted by molar-refractivity contribution is 9.10. The zero-order valence-electron chi connectivity index (χ0n) is 9.81. The van der Waals surface area contributed by atoms with Gasteiger partial charge in [-0.25, -0.2) is 8.42 Å². The predicted octanol–water partition coefficient (Wildman–Crippen LogP) is 3.66. The van der Waals surface area contributed by atoms with Crippen molar-refractivity contribution in [1.82, 2.24) is 0 Å². The largest absolute Gasteiger partial charge is 0.398 e. The van der Waals surface area contributed by atoms with Crippen LogP contribution in [0.25, 0.3) is 0 Å². The maximum absolute atomic E-state index is 12.2. The maximum Gasteiger partial charge on any atom is 0.182 e. The Bertz CT molecular complexity index is 699. The molecule has 3 nitrogen and oxygen atoms in total. The fourth-order valence-corrected chi connectivity index (χ4v) is 3.46. The number of sulfone groups is 1. The van der Waals surface area contributed by atoms with Gasteiger partial charge >= 0.3 is 0 Å². The van der Waals surface area contributed by atoms with E-state index in [9.17, 15) is 8.42 Å². The number of hydrogen-bond acceptors (Lipinski definition) is 3. The van der Waals surface area contributed by atoms with Crippen molar-refractivity contribution >= 4 is 43.1 Å². The lowest BCUT2D eigenvalue weighted by Gasteiger charge is -2.08. The second kappa shape index (κ2) is 5.53. The van der Waals surface area contributed by atoms with Crippen LogP contribution in [0.4, 0.5) is 5.69 Å². The average Bonchev–Trinajstić information content (AvgIpc) is 2.33. The second-order valence-corrected chi connectivity index (χ2v) is 7.40. The van der Waals surface area contributed by atoms with Crippen LogP contribution < -0.4 is 5.73 Å². The summed E-state index contributed by atoms with van der Waals surface area (Å²) in [5, 5.41) is 0.488. The van der Waals surface area contributed by atoms with Gasteiger partial charge in [-0.2, -0.15) is 0 Å². The molecule has 19 heavy (non-hydrogen) atoms. The first kappa shape index (κ1) is 14.4. The molecule has 0 saturated heterocycles. The van der Waals surface area contributed by atoms with E-state index in [2.05, 4.69) is 15.9 Å². The van der Waals surface area contributed by atoms with Crippen LogP contribution in [0.3, 0.4) is 0 Å². The lowest BCUT2D eigenvalue weighted by atomic mass is 10.2. The first-order chi connectivity index (χ1) is 8.88. The minimum atomic E-state index is -3.41. The third kappa shape index (κ3) is 3.49. The zero-order valence-corrected chi connectivity index (χ0v) is 13.0. The van der Waals surface area contributed by atoms with Crippen molar-refractivity contribution in [3.05, 3.63) is 57.5 Å². The van der Waals surface area contributed by atoms with E-state index in [1.807, 2.05) is 0 Å². The molecule has 0 aliphatic heterocycles. The summed E-state index contributed by atoms with van der Waals surface area (Å²) in [5.41, 5.74) is 6.71. The molecular weight excluding hydrogens is 350 g/mol. The summed E-state index contributed by atoms with van der Waals surface area (Å²) in [4.78, 5) is 0.269. The van der Waals surface area contributed by atoms with Gasteiger partial charge in [0.05, 0.1) is 10.6 Å². The topological polar surface area (TPSA) is 60.2 Å². The van der Waals surface area contributed by atoms with Crippen LogP contribution in [0.2, 0.25) is 5.02 Å². The molecule has 0 atom stereocenters. The monoisotopic (exact) mass is 359 g/mol. The summed E-state index contributed by atoms with van der Waals surface area (Å²) in [5.74, 6) is -0.141. The summed E-state index contributed by atoms with van der Waals surface area (Å²) < 4.78 is 25.3. The van der Waals surface area contributed by atoms with E-state index in [1.54, 1.807) is 42.5 Å². The number of anilines is 1. The summed E-state index contributed by atoms with van der Waals surface area (Å²) in [6.45, 7) is 0. The number of halogens is 2. The van der Waals surface area contributed by atoms with Gasteiger partial charge in [0.25, 0.3) is 0 Å².